The van der Waals surface area contributed by atoms with Crippen LogP contribution in [0.25, 0.3) is 10.9 Å². The van der Waals surface area contributed by atoms with Gasteiger partial charge in [-0.1, -0.05) is 63.9 Å². The van der Waals surface area contributed by atoms with Gasteiger partial charge in [-0.3, -0.25) is 33.6 Å². The molecule has 0 spiro atoms. The normalized spacial score (nSPS) is 25.6. The number of carboxylic acids is 1. The molecule has 350 valence electrons. The fraction of sp³-hybridized carbons (Fsp3) is 0.619. The summed E-state index contributed by atoms with van der Waals surface area (Å²) in [6.07, 6.45) is 0.0246. The Kier molecular flexibility index (Phi) is 17.2. The van der Waals surface area contributed by atoms with E-state index in [1.54, 1.807) is 25.1 Å². The number of hydrogen-bond acceptors (Lipinski definition) is 13. The number of carbonyl (C=O) groups is 8. The number of fused-ring (bicyclic) bond motifs is 4. The smallest absolute Gasteiger partial charge is 0.326 e. The molecule has 0 saturated carbocycles. The number of amides is 7. The Bertz CT molecular complexity index is 2080. The third-order valence-electron chi connectivity index (χ3n) is 12.4. The van der Waals surface area contributed by atoms with Crippen molar-refractivity contribution < 1.29 is 48.6 Å². The summed E-state index contributed by atoms with van der Waals surface area (Å²) in [6, 6.07) is -1.38. The van der Waals surface area contributed by atoms with Crippen molar-refractivity contribution in [3.8, 4) is 0 Å². The van der Waals surface area contributed by atoms with Crippen molar-refractivity contribution >= 4 is 70.0 Å². The van der Waals surface area contributed by atoms with E-state index in [2.05, 4.69) is 36.7 Å². The molecular formula is C42H60N10O11S. The lowest BCUT2D eigenvalue weighted by atomic mass is 9.97. The second-order valence-corrected chi connectivity index (χ2v) is 17.8. The Morgan fingerprint density at radius 2 is 1.78 bits per heavy atom. The van der Waals surface area contributed by atoms with Gasteiger partial charge in [0.05, 0.1) is 30.3 Å². The Morgan fingerprint density at radius 3 is 2.47 bits per heavy atom. The highest BCUT2D eigenvalue weighted by Crippen LogP contribution is 2.32. The molecule has 21 nitrogen and oxygen atoms in total. The van der Waals surface area contributed by atoms with E-state index in [9.17, 15) is 53.5 Å². The molecule has 3 aliphatic rings. The van der Waals surface area contributed by atoms with Gasteiger partial charge in [-0.2, -0.15) is 4.91 Å². The average molecular weight is 913 g/mol. The number of aromatic nitrogens is 1. The summed E-state index contributed by atoms with van der Waals surface area (Å²) in [5, 5.41) is 37.3. The first-order valence-electron chi connectivity index (χ1n) is 21.8. The van der Waals surface area contributed by atoms with Crippen LogP contribution < -0.4 is 32.3 Å². The summed E-state index contributed by atoms with van der Waals surface area (Å²) in [7, 11) is 0. The minimum atomic E-state index is -1.48. The van der Waals surface area contributed by atoms with E-state index < -0.39 is 115 Å². The number of para-hydroxylation sites is 1. The van der Waals surface area contributed by atoms with Crippen LogP contribution >= 0.6 is 11.8 Å². The second-order valence-electron chi connectivity index (χ2n) is 16.8. The third-order valence-corrected chi connectivity index (χ3v) is 13.6. The Labute approximate surface area is 374 Å². The number of nitrogens with zero attached hydrogens (tertiary/aromatic N) is 3. The molecule has 10 N–H and O–H groups in total. The minimum Gasteiger partial charge on any atom is -0.480 e. The van der Waals surface area contributed by atoms with Crippen LogP contribution in [0.4, 0.5) is 0 Å². The van der Waals surface area contributed by atoms with E-state index in [1.165, 1.54) is 4.90 Å². The van der Waals surface area contributed by atoms with E-state index in [0.29, 0.717) is 47.2 Å². The zero-order valence-corrected chi connectivity index (χ0v) is 37.3. The molecule has 2 aromatic rings. The molecule has 4 heterocycles. The predicted molar refractivity (Wildman–Crippen MR) is 234 cm³/mol. The van der Waals surface area contributed by atoms with E-state index >= 15 is 0 Å². The predicted octanol–water partition coefficient (Wildman–Crippen LogP) is -0.515. The van der Waals surface area contributed by atoms with Crippen molar-refractivity contribution in [2.45, 2.75) is 126 Å². The molecule has 64 heavy (non-hydrogen) atoms. The summed E-state index contributed by atoms with van der Waals surface area (Å²) in [4.78, 5) is 127. The average Bonchev–Trinajstić information content (AvgIpc) is 4.03. The molecule has 7 amide bonds. The number of likely N-dealkylation sites (tertiary alicyclic amines) is 1. The van der Waals surface area contributed by atoms with Crippen molar-refractivity contribution in [3.05, 3.63) is 34.7 Å². The highest BCUT2D eigenvalue weighted by atomic mass is 32.2. The number of carboxylic acid groups (broad SMARTS) is 1. The van der Waals surface area contributed by atoms with Gasteiger partial charge >= 0.3 is 5.97 Å². The largest absolute Gasteiger partial charge is 0.480 e. The number of rotatable bonds is 13. The summed E-state index contributed by atoms with van der Waals surface area (Å²) >= 11 is 1.08. The molecule has 0 radical (unpaired) electrons. The van der Waals surface area contributed by atoms with Gasteiger partial charge in [0.25, 0.3) is 0 Å². The molecule has 1 aromatic heterocycles. The van der Waals surface area contributed by atoms with Crippen LogP contribution in [0.2, 0.25) is 0 Å². The van der Waals surface area contributed by atoms with Gasteiger partial charge in [-0.15, -0.1) is 11.8 Å². The van der Waals surface area contributed by atoms with Crippen LogP contribution in [-0.2, 0) is 44.8 Å². The maximum atomic E-state index is 14.7. The lowest BCUT2D eigenvalue weighted by Crippen LogP contribution is -2.59. The first-order chi connectivity index (χ1) is 30.5. The number of hydrogen-bond donors (Lipinski definition) is 9. The number of benzene rings is 1. The fourth-order valence-corrected chi connectivity index (χ4v) is 9.33. The molecular weight excluding hydrogens is 853 g/mol. The van der Waals surface area contributed by atoms with E-state index in [1.807, 2.05) is 26.8 Å². The number of H-pyrrole nitrogens is 1. The summed E-state index contributed by atoms with van der Waals surface area (Å²) in [5.74, 6) is -7.18. The van der Waals surface area contributed by atoms with Gasteiger partial charge in [0.15, 0.2) is 0 Å². The number of nitroso groups, excluding NO2 is 1. The summed E-state index contributed by atoms with van der Waals surface area (Å²) in [5.41, 5.74) is 7.58. The molecule has 2 saturated heterocycles. The highest BCUT2D eigenvalue weighted by molar-refractivity contribution is 7.99. The van der Waals surface area contributed by atoms with E-state index in [4.69, 9.17) is 5.73 Å². The molecule has 0 aliphatic carbocycles. The molecule has 10 atom stereocenters. The number of aliphatic hydroxyl groups excluding tert-OH is 1. The molecule has 0 unspecified atom stereocenters. The first kappa shape index (κ1) is 49.4. The first-order valence-corrected chi connectivity index (χ1v) is 22.7. The Balaban J connectivity index is 1.56. The molecule has 22 heteroatoms. The molecule has 2 fully saturated rings. The van der Waals surface area contributed by atoms with Gasteiger partial charge < -0.3 is 57.3 Å². The number of nitrogens with two attached hydrogens (primary N) is 1. The van der Waals surface area contributed by atoms with Gasteiger partial charge in [0.1, 0.15) is 36.3 Å². The zero-order valence-electron chi connectivity index (χ0n) is 36.5. The number of nitrogens with one attached hydrogen (secondary N) is 6. The molecule has 1 aromatic carbocycles. The SMILES string of the molecule is CC[C@H](C)[C@H](N)C(=O)N[C@H]1Cc2c([nH]c3ccccc23)SC[C@@H](C(=O)N[C@@H](CCN=O)C(=O)N2C[C@H](O)C[C@H]2C(=O)O)NC(=O)CNC(=O)[C@H]([C@@H](C)CC)NC(=O)[C@H]2CCCN2C1=O. The number of carbonyl (C=O) groups excluding carboxylic acids is 7. The zero-order chi connectivity index (χ0) is 46.8. The maximum Gasteiger partial charge on any atom is 0.326 e. The van der Waals surface area contributed by atoms with Crippen molar-refractivity contribution in [1.82, 2.24) is 41.4 Å². The number of aliphatic hydroxyl groups is 1. The number of aliphatic carboxylic acids is 1. The lowest BCUT2D eigenvalue weighted by molar-refractivity contribution is -0.149. The fourth-order valence-electron chi connectivity index (χ4n) is 8.22. The minimum absolute atomic E-state index is 0.0855. The van der Waals surface area contributed by atoms with Crippen LogP contribution in [0.1, 0.15) is 71.8 Å². The van der Waals surface area contributed by atoms with E-state index in [0.717, 1.165) is 16.7 Å². The van der Waals surface area contributed by atoms with E-state index in [-0.39, 0.29) is 44.0 Å². The number of β-amino-alcohol motifs (C(OH)–C–C–N with tert-alkyl or cyclic N) is 1. The van der Waals surface area contributed by atoms with Gasteiger partial charge in [-0.05, 0) is 42.7 Å². The molecule has 3 aliphatic heterocycles. The van der Waals surface area contributed by atoms with Crippen LogP contribution in [0.3, 0.4) is 0 Å². The number of thioether (sulfide) groups is 1. The standard InChI is InChI=1S/C42H60N10O11S/c1-5-21(3)33(43)37(57)48-28-17-25-24-10-7-8-11-26(24)49-39(25)64-20-29(35(55)47-27(13-14-45-63)40(59)52-19-23(53)16-31(52)42(61)62)46-32(54)18-44-38(58)34(22(4)6-2)50-36(56)30-12-9-15-51(30)41(28)60/h7-8,10-11,21-23,27-31,33-34,49,53H,5-6,9,12-20,43H2,1-4H3,(H,44,58)(H,46,54)(H,47,55)(H,48,57)(H,50,56)(H,61,62)/t21-,22-,23+,27-,28-,29-,30+,31-,33-,34-/m0/s1. The summed E-state index contributed by atoms with van der Waals surface area (Å²) in [6.45, 7) is 6.09. The van der Waals surface area contributed by atoms with Gasteiger partial charge in [-0.25, -0.2) is 4.79 Å². The van der Waals surface area contributed by atoms with Crippen LogP contribution in [0.5, 0.6) is 0 Å². The van der Waals surface area contributed by atoms with Crippen molar-refractivity contribution in [1.29, 1.82) is 0 Å². The topological polar surface area (TPSA) is 315 Å². The van der Waals surface area contributed by atoms with Crippen LogP contribution in [0, 0.1) is 16.7 Å². The Morgan fingerprint density at radius 1 is 1.05 bits per heavy atom. The molecule has 0 bridgehead atoms. The Hall–Kier alpha value is -5.61. The lowest BCUT2D eigenvalue weighted by Gasteiger charge is -2.32. The van der Waals surface area contributed by atoms with Crippen LogP contribution in [0.15, 0.2) is 34.5 Å². The third kappa shape index (κ3) is 11.7. The molecule has 5 rings (SSSR count). The van der Waals surface area contributed by atoms with Gasteiger partial charge in [0, 0.05) is 42.6 Å². The van der Waals surface area contributed by atoms with Gasteiger partial charge in [0.2, 0.25) is 41.4 Å². The van der Waals surface area contributed by atoms with Crippen molar-refractivity contribution in [2.75, 3.05) is 31.9 Å². The number of aromatic amines is 1. The maximum absolute atomic E-state index is 14.7. The van der Waals surface area contributed by atoms with Crippen molar-refractivity contribution in [3.63, 3.8) is 0 Å². The summed E-state index contributed by atoms with van der Waals surface area (Å²) < 4.78 is 0. The van der Waals surface area contributed by atoms with Crippen LogP contribution in [-0.4, -0.2) is 153 Å². The second kappa shape index (κ2) is 22.3. The monoisotopic (exact) mass is 912 g/mol. The highest BCUT2D eigenvalue weighted by Gasteiger charge is 2.43. The van der Waals surface area contributed by atoms with Crippen molar-refractivity contribution in [2.24, 2.45) is 22.7 Å². The quantitative estimate of drug-likeness (QED) is 0.115.